The Labute approximate surface area is 128 Å². The minimum Gasteiger partial charge on any atom is -0.450 e. The van der Waals surface area contributed by atoms with Crippen molar-refractivity contribution in [1.29, 1.82) is 0 Å². The Morgan fingerprint density at radius 3 is 0.958 bits per heavy atom. The molecule has 0 aliphatic heterocycles. The van der Waals surface area contributed by atoms with Crippen LogP contribution in [0.3, 0.4) is 0 Å². The van der Waals surface area contributed by atoms with Crippen molar-refractivity contribution in [2.75, 3.05) is 0 Å². The van der Waals surface area contributed by atoms with Gasteiger partial charge in [0.2, 0.25) is 6.17 Å². The fourth-order valence-corrected chi connectivity index (χ4v) is 0.306. The molecule has 24 heavy (non-hydrogen) atoms. The smallest absolute Gasteiger partial charge is 0.450 e. The molecular formula is C10H12F8O6. The molecule has 0 atom stereocenters. The lowest BCUT2D eigenvalue weighted by molar-refractivity contribution is -0.0795. The van der Waals surface area contributed by atoms with E-state index in [1.807, 2.05) is 0 Å². The van der Waals surface area contributed by atoms with Gasteiger partial charge in [0.15, 0.2) is 0 Å². The number of hydrogen-bond donors (Lipinski definition) is 4. The van der Waals surface area contributed by atoms with Gasteiger partial charge in [-0.2, -0.15) is 30.7 Å². The van der Waals surface area contributed by atoms with Crippen LogP contribution in [-0.2, 0) is 0 Å². The number of carbonyl (C=O) groups is 2. The lowest BCUT2D eigenvalue weighted by Crippen LogP contribution is -2.02. The van der Waals surface area contributed by atoms with E-state index in [0.717, 1.165) is 0 Å². The van der Waals surface area contributed by atoms with Gasteiger partial charge >= 0.3 is 30.3 Å². The SMILES string of the molecule is C=C.C=CC(F)(F)F.FC1C(F)(F)C1(F)F.O=C(O)O.O=C(O)O. The number of hydrogen-bond acceptors (Lipinski definition) is 2. The molecule has 14 heteroatoms. The molecule has 4 N–H and O–H groups in total. The maximum absolute atomic E-state index is 11.2. The summed E-state index contributed by atoms with van der Waals surface area (Å²) >= 11 is 0. The third-order valence-corrected chi connectivity index (χ3v) is 1.23. The Morgan fingerprint density at radius 1 is 0.875 bits per heavy atom. The summed E-state index contributed by atoms with van der Waals surface area (Å²) in [5.74, 6) is -8.79. The molecule has 0 unspecified atom stereocenters. The molecule has 0 aromatic heterocycles. The van der Waals surface area contributed by atoms with Gasteiger partial charge in [-0.25, -0.2) is 14.0 Å². The molecule has 0 amide bonds. The molecule has 0 aromatic rings. The summed E-state index contributed by atoms with van der Waals surface area (Å²) in [6.07, 6.45) is -11.2. The van der Waals surface area contributed by atoms with Gasteiger partial charge in [0.25, 0.3) is 0 Å². The Hall–Kier alpha value is -2.54. The molecule has 1 rings (SSSR count). The van der Waals surface area contributed by atoms with Crippen molar-refractivity contribution in [2.45, 2.75) is 24.2 Å². The largest absolute Gasteiger partial charge is 0.503 e. The Kier molecular flexibility index (Phi) is 14.7. The van der Waals surface area contributed by atoms with E-state index in [9.17, 15) is 35.1 Å². The minimum atomic E-state index is -4.40. The summed E-state index contributed by atoms with van der Waals surface area (Å²) in [4.78, 5) is 17.1. The minimum absolute atomic E-state index is 0.0625. The molecule has 0 bridgehead atoms. The Morgan fingerprint density at radius 2 is 0.958 bits per heavy atom. The van der Waals surface area contributed by atoms with E-state index >= 15 is 0 Å². The molecule has 1 fully saturated rings. The number of rotatable bonds is 0. The normalized spacial score (nSPS) is 15.8. The zero-order valence-electron chi connectivity index (χ0n) is 11.4. The van der Waals surface area contributed by atoms with E-state index in [1.165, 1.54) is 0 Å². The first-order valence-corrected chi connectivity index (χ1v) is 4.87. The third-order valence-electron chi connectivity index (χ3n) is 1.23. The molecule has 0 radical (unpaired) electrons. The molecule has 0 saturated heterocycles. The van der Waals surface area contributed by atoms with Crippen LogP contribution < -0.4 is 0 Å². The molecule has 0 spiro atoms. The highest BCUT2D eigenvalue weighted by Gasteiger charge is 2.87. The monoisotopic (exact) mass is 380 g/mol. The van der Waals surface area contributed by atoms with Crippen LogP contribution >= 0.6 is 0 Å². The summed E-state index contributed by atoms with van der Waals surface area (Å²) in [5.41, 5.74) is 0. The average Bonchev–Trinajstić information content (AvgIpc) is 2.72. The summed E-state index contributed by atoms with van der Waals surface area (Å²) in [6.45, 7) is 8.51. The quantitative estimate of drug-likeness (QED) is 0.361. The fraction of sp³-hybridized carbons (Fsp3) is 0.400. The Balaban J connectivity index is -0.000000112. The van der Waals surface area contributed by atoms with Gasteiger partial charge in [-0.1, -0.05) is 6.58 Å². The number of carboxylic acid groups (broad SMARTS) is 4. The number of allylic oxidation sites excluding steroid dienone is 1. The van der Waals surface area contributed by atoms with Crippen LogP contribution in [0.4, 0.5) is 44.7 Å². The molecule has 0 aromatic carbocycles. The zero-order chi connectivity index (χ0) is 20.9. The van der Waals surface area contributed by atoms with Crippen LogP contribution in [-0.4, -0.2) is 56.9 Å². The topological polar surface area (TPSA) is 115 Å². The van der Waals surface area contributed by atoms with Gasteiger partial charge in [-0.15, -0.1) is 13.2 Å². The highest BCUT2D eigenvalue weighted by molar-refractivity contribution is 5.53. The first kappa shape index (κ1) is 29.5. The van der Waals surface area contributed by atoms with E-state index in [-0.39, 0.29) is 6.08 Å². The van der Waals surface area contributed by atoms with Crippen LogP contribution in [0.1, 0.15) is 0 Å². The number of alkyl halides is 8. The van der Waals surface area contributed by atoms with Crippen LogP contribution in [0.25, 0.3) is 0 Å². The maximum atomic E-state index is 11.2. The molecule has 1 saturated carbocycles. The standard InChI is InChI=1S/C3HF5.C3H3F3.C2H4.2CH2O3/c4-1-2(5,6)3(1,7)8;1-2-3(4,5)6;1-2;2*2-1(3)4/h1H;2H,1H2;1-2H2;2*(H2,2,3,4). The van der Waals surface area contributed by atoms with E-state index in [0.29, 0.717) is 0 Å². The highest BCUT2D eigenvalue weighted by atomic mass is 19.4. The van der Waals surface area contributed by atoms with Crippen molar-refractivity contribution in [3.63, 3.8) is 0 Å². The lowest BCUT2D eigenvalue weighted by Gasteiger charge is -1.91. The van der Waals surface area contributed by atoms with Crippen molar-refractivity contribution >= 4 is 12.3 Å². The zero-order valence-corrected chi connectivity index (χ0v) is 11.4. The maximum Gasteiger partial charge on any atom is 0.503 e. The van der Waals surface area contributed by atoms with Crippen LogP contribution in [0, 0.1) is 0 Å². The van der Waals surface area contributed by atoms with Gasteiger partial charge < -0.3 is 20.4 Å². The van der Waals surface area contributed by atoms with Crippen molar-refractivity contribution in [3.05, 3.63) is 25.8 Å². The van der Waals surface area contributed by atoms with Gasteiger partial charge in [0.1, 0.15) is 0 Å². The first-order valence-electron chi connectivity index (χ1n) is 4.87. The fourth-order valence-electron chi connectivity index (χ4n) is 0.306. The van der Waals surface area contributed by atoms with E-state index in [1.54, 1.807) is 0 Å². The van der Waals surface area contributed by atoms with Crippen molar-refractivity contribution in [3.8, 4) is 0 Å². The summed E-state index contributed by atoms with van der Waals surface area (Å²) < 4.78 is 87.9. The molecule has 144 valence electrons. The van der Waals surface area contributed by atoms with Gasteiger partial charge in [0.05, 0.1) is 0 Å². The Bertz CT molecular complexity index is 361. The van der Waals surface area contributed by atoms with Crippen LogP contribution in [0.15, 0.2) is 25.8 Å². The predicted molar refractivity (Wildman–Crippen MR) is 63.6 cm³/mol. The highest BCUT2D eigenvalue weighted by Crippen LogP contribution is 2.58. The van der Waals surface area contributed by atoms with Crippen molar-refractivity contribution in [1.82, 2.24) is 0 Å². The molecule has 0 heterocycles. The molecule has 1 aliphatic carbocycles. The van der Waals surface area contributed by atoms with Crippen molar-refractivity contribution in [2.24, 2.45) is 0 Å². The van der Waals surface area contributed by atoms with Gasteiger partial charge in [-0.3, -0.25) is 0 Å². The van der Waals surface area contributed by atoms with Crippen LogP contribution in [0.5, 0.6) is 0 Å². The second-order valence-corrected chi connectivity index (χ2v) is 2.92. The lowest BCUT2D eigenvalue weighted by atomic mass is 10.6. The summed E-state index contributed by atoms with van der Waals surface area (Å²) in [7, 11) is 0. The van der Waals surface area contributed by atoms with Gasteiger partial charge in [-0.05, 0) is 0 Å². The van der Waals surface area contributed by atoms with E-state index in [4.69, 9.17) is 30.0 Å². The van der Waals surface area contributed by atoms with Crippen LogP contribution in [0.2, 0.25) is 0 Å². The summed E-state index contributed by atoms with van der Waals surface area (Å²) in [6, 6.07) is 0. The van der Waals surface area contributed by atoms with Crippen molar-refractivity contribution < 1.29 is 65.1 Å². The molecular weight excluding hydrogens is 368 g/mol. The van der Waals surface area contributed by atoms with E-state index in [2.05, 4.69) is 19.7 Å². The average molecular weight is 380 g/mol. The predicted octanol–water partition coefficient (Wildman–Crippen LogP) is 4.59. The van der Waals surface area contributed by atoms with Gasteiger partial charge in [0, 0.05) is 6.08 Å². The second-order valence-electron chi connectivity index (χ2n) is 2.92. The summed E-state index contributed by atoms with van der Waals surface area (Å²) in [5, 5.41) is 27.9. The second kappa shape index (κ2) is 12.0. The first-order chi connectivity index (χ1) is 10.4. The number of halogens is 8. The third kappa shape index (κ3) is 17.5. The molecule has 1 aliphatic rings. The molecule has 6 nitrogen and oxygen atoms in total. The van der Waals surface area contributed by atoms with E-state index < -0.39 is 36.5 Å².